The summed E-state index contributed by atoms with van der Waals surface area (Å²) < 4.78 is 0.838. The Morgan fingerprint density at radius 1 is 1.20 bits per heavy atom. The van der Waals surface area contributed by atoms with E-state index in [0.717, 1.165) is 10.0 Å². The largest absolute Gasteiger partial charge is 0.0824 e. The summed E-state index contributed by atoms with van der Waals surface area (Å²) in [5.74, 6) is 0. The van der Waals surface area contributed by atoms with E-state index >= 15 is 0 Å². The Balaban J connectivity index is 3.34. The van der Waals surface area contributed by atoms with Gasteiger partial charge in [-0.3, -0.25) is 0 Å². The predicted octanol–water partition coefficient (Wildman–Crippen LogP) is 4.06. The zero-order chi connectivity index (χ0) is 7.72. The Bertz CT molecular complexity index is 231. The van der Waals surface area contributed by atoms with Gasteiger partial charge in [-0.25, -0.2) is 0 Å². The van der Waals surface area contributed by atoms with Crippen LogP contribution in [0.1, 0.15) is 5.56 Å². The van der Waals surface area contributed by atoms with Crippen LogP contribution >= 0.6 is 39.1 Å². The summed E-state index contributed by atoms with van der Waals surface area (Å²) >= 11 is 14.9. The Hall–Kier alpha value is 0.280. The second-order valence-corrected chi connectivity index (χ2v) is 3.60. The van der Waals surface area contributed by atoms with Crippen LogP contribution in [0.15, 0.2) is 16.6 Å². The minimum absolute atomic E-state index is 0.585. The summed E-state index contributed by atoms with van der Waals surface area (Å²) in [6.45, 7) is 1.92. The van der Waals surface area contributed by atoms with E-state index in [1.54, 1.807) is 0 Å². The van der Waals surface area contributed by atoms with E-state index in [-0.39, 0.29) is 0 Å². The molecule has 1 rings (SSSR count). The molecule has 0 bridgehead atoms. The van der Waals surface area contributed by atoms with Crippen LogP contribution in [-0.4, -0.2) is 0 Å². The van der Waals surface area contributed by atoms with Crippen molar-refractivity contribution in [3.8, 4) is 0 Å². The van der Waals surface area contributed by atoms with Crippen molar-refractivity contribution in [2.75, 3.05) is 0 Å². The first-order chi connectivity index (χ1) is 4.63. The molecule has 1 aromatic carbocycles. The summed E-state index contributed by atoms with van der Waals surface area (Å²) in [6, 6.07) is 3.79. The number of aryl methyl sites for hydroxylation is 1. The quantitative estimate of drug-likeness (QED) is 0.599. The lowest BCUT2D eigenvalue weighted by Gasteiger charge is -2.00. The minimum atomic E-state index is 0.585. The molecule has 0 heterocycles. The van der Waals surface area contributed by atoms with Crippen LogP contribution in [0, 0.1) is 6.92 Å². The molecule has 0 saturated heterocycles. The lowest BCUT2D eigenvalue weighted by Crippen LogP contribution is -1.76. The summed E-state index contributed by atoms with van der Waals surface area (Å²) in [7, 11) is 0. The zero-order valence-electron chi connectivity index (χ0n) is 5.29. The molecule has 0 unspecified atom stereocenters. The van der Waals surface area contributed by atoms with Gasteiger partial charge >= 0.3 is 0 Å². The monoisotopic (exact) mass is 238 g/mol. The number of hydrogen-bond donors (Lipinski definition) is 0. The first kappa shape index (κ1) is 8.38. The molecule has 0 N–H and O–H groups in total. The maximum absolute atomic E-state index is 5.82. The fraction of sp³-hybridized carbons (Fsp3) is 0.143. The van der Waals surface area contributed by atoms with E-state index in [4.69, 9.17) is 23.2 Å². The number of benzene rings is 1. The van der Waals surface area contributed by atoms with Gasteiger partial charge in [-0.05, 0) is 34.5 Å². The van der Waals surface area contributed by atoms with Gasteiger partial charge in [0.25, 0.3) is 0 Å². The van der Waals surface area contributed by atoms with Gasteiger partial charge in [0.05, 0.1) is 10.0 Å². The second kappa shape index (κ2) is 3.12. The highest BCUT2D eigenvalue weighted by Gasteiger charge is 2.03. The van der Waals surface area contributed by atoms with Crippen LogP contribution in [-0.2, 0) is 0 Å². The van der Waals surface area contributed by atoms with Gasteiger partial charge in [-0.1, -0.05) is 29.3 Å². The molecule has 0 amide bonds. The normalized spacial score (nSPS) is 10.0. The Morgan fingerprint density at radius 3 is 2.30 bits per heavy atom. The van der Waals surface area contributed by atoms with E-state index in [2.05, 4.69) is 15.9 Å². The summed E-state index contributed by atoms with van der Waals surface area (Å²) in [4.78, 5) is 0. The molecule has 0 aliphatic rings. The van der Waals surface area contributed by atoms with Crippen LogP contribution in [0.4, 0.5) is 0 Å². The van der Waals surface area contributed by atoms with Crippen molar-refractivity contribution in [2.24, 2.45) is 0 Å². The van der Waals surface area contributed by atoms with Crippen LogP contribution in [0.3, 0.4) is 0 Å². The molecule has 0 fully saturated rings. The summed E-state index contributed by atoms with van der Waals surface area (Å²) in [5.41, 5.74) is 0.995. The average molecular weight is 240 g/mol. The van der Waals surface area contributed by atoms with E-state index in [1.807, 2.05) is 19.1 Å². The Morgan fingerprint density at radius 2 is 1.80 bits per heavy atom. The van der Waals surface area contributed by atoms with Crippen molar-refractivity contribution in [1.29, 1.82) is 0 Å². The van der Waals surface area contributed by atoms with Crippen LogP contribution in [0.2, 0.25) is 10.0 Å². The summed E-state index contributed by atoms with van der Waals surface area (Å²) in [6.07, 6.45) is 0. The predicted molar refractivity (Wildman–Crippen MR) is 48.9 cm³/mol. The molecule has 54 valence electrons. The molecule has 0 aliphatic carbocycles. The standard InChI is InChI=1S/C7H5BrCl2/c1-4-2-3-5(8)7(10)6(4)9/h2-3H,1H3. The van der Waals surface area contributed by atoms with Crippen molar-refractivity contribution in [2.45, 2.75) is 6.92 Å². The SMILES string of the molecule is Cc1ccc(Br)c(Cl)c1Cl. The molecule has 0 aromatic heterocycles. The van der Waals surface area contributed by atoms with E-state index in [1.165, 1.54) is 0 Å². The van der Waals surface area contributed by atoms with Crippen molar-refractivity contribution < 1.29 is 0 Å². The van der Waals surface area contributed by atoms with Gasteiger partial charge in [0.1, 0.15) is 0 Å². The van der Waals surface area contributed by atoms with E-state index in [9.17, 15) is 0 Å². The number of hydrogen-bond acceptors (Lipinski definition) is 0. The Labute approximate surface area is 78.3 Å². The molecule has 0 radical (unpaired) electrons. The molecule has 0 spiro atoms. The van der Waals surface area contributed by atoms with Crippen LogP contribution in [0.25, 0.3) is 0 Å². The van der Waals surface area contributed by atoms with E-state index < -0.39 is 0 Å². The lowest BCUT2D eigenvalue weighted by molar-refractivity contribution is 1.46. The van der Waals surface area contributed by atoms with Crippen LogP contribution in [0.5, 0.6) is 0 Å². The lowest BCUT2D eigenvalue weighted by atomic mass is 10.2. The molecule has 3 heteroatoms. The Kier molecular flexibility index (Phi) is 2.61. The number of rotatable bonds is 0. The fourth-order valence-electron chi connectivity index (χ4n) is 0.622. The van der Waals surface area contributed by atoms with Gasteiger partial charge < -0.3 is 0 Å². The maximum Gasteiger partial charge on any atom is 0.0736 e. The molecule has 0 saturated carbocycles. The summed E-state index contributed by atoms with van der Waals surface area (Å²) in [5, 5.41) is 1.21. The molecule has 10 heavy (non-hydrogen) atoms. The fourth-order valence-corrected chi connectivity index (χ4v) is 1.44. The van der Waals surface area contributed by atoms with Crippen molar-refractivity contribution in [1.82, 2.24) is 0 Å². The highest BCUT2D eigenvalue weighted by molar-refractivity contribution is 9.10. The van der Waals surface area contributed by atoms with Gasteiger partial charge in [-0.15, -0.1) is 0 Å². The van der Waals surface area contributed by atoms with Gasteiger partial charge in [0.2, 0.25) is 0 Å². The smallest absolute Gasteiger partial charge is 0.0736 e. The molecule has 0 nitrogen and oxygen atoms in total. The van der Waals surface area contributed by atoms with Gasteiger partial charge in [0, 0.05) is 4.47 Å². The molecule has 0 aliphatic heterocycles. The minimum Gasteiger partial charge on any atom is -0.0824 e. The molecule has 1 aromatic rings. The molecular weight excluding hydrogens is 235 g/mol. The van der Waals surface area contributed by atoms with Crippen molar-refractivity contribution in [3.63, 3.8) is 0 Å². The average Bonchev–Trinajstić information content (AvgIpc) is 1.93. The van der Waals surface area contributed by atoms with Gasteiger partial charge in [0.15, 0.2) is 0 Å². The third-order valence-electron chi connectivity index (χ3n) is 1.23. The van der Waals surface area contributed by atoms with Gasteiger partial charge in [-0.2, -0.15) is 0 Å². The first-order valence-corrected chi connectivity index (χ1v) is 4.28. The van der Waals surface area contributed by atoms with Crippen molar-refractivity contribution >= 4 is 39.1 Å². The highest BCUT2D eigenvalue weighted by atomic mass is 79.9. The highest BCUT2D eigenvalue weighted by Crippen LogP contribution is 2.32. The molecule has 0 atom stereocenters. The number of halogens is 3. The third kappa shape index (κ3) is 1.47. The zero-order valence-corrected chi connectivity index (χ0v) is 8.39. The topological polar surface area (TPSA) is 0 Å². The third-order valence-corrected chi connectivity index (χ3v) is 3.09. The van der Waals surface area contributed by atoms with Crippen molar-refractivity contribution in [3.05, 3.63) is 32.2 Å². The maximum atomic E-state index is 5.82. The molecular formula is C7H5BrCl2. The first-order valence-electron chi connectivity index (χ1n) is 2.73. The van der Waals surface area contributed by atoms with Crippen LogP contribution < -0.4 is 0 Å². The van der Waals surface area contributed by atoms with E-state index in [0.29, 0.717) is 10.0 Å². The second-order valence-electron chi connectivity index (χ2n) is 1.99.